The number of carbonyl (C=O) groups is 1. The third kappa shape index (κ3) is 3.78. The molecule has 0 fully saturated rings. The number of allylic oxidation sites excluding steroid dienone is 2. The SMILES string of the molecule is COc1ccccc1C1C(C(C)=O)=C(C)N=c2s/c(=C/c3ccc(OC)c4ccccc34)c(=O)n21. The van der Waals surface area contributed by atoms with Gasteiger partial charge in [-0.2, -0.15) is 0 Å². The zero-order valence-electron chi connectivity index (χ0n) is 19.9. The van der Waals surface area contributed by atoms with Crippen LogP contribution in [-0.2, 0) is 4.79 Å². The molecule has 6 nitrogen and oxygen atoms in total. The van der Waals surface area contributed by atoms with E-state index in [0.717, 1.165) is 27.6 Å². The lowest BCUT2D eigenvalue weighted by Gasteiger charge is -2.25. The van der Waals surface area contributed by atoms with E-state index >= 15 is 0 Å². The molecule has 1 unspecified atom stereocenters. The smallest absolute Gasteiger partial charge is 0.271 e. The number of hydrogen-bond acceptors (Lipinski definition) is 6. The molecular formula is C28H24N2O4S. The molecule has 1 aromatic heterocycles. The normalized spacial score (nSPS) is 15.7. The van der Waals surface area contributed by atoms with Crippen molar-refractivity contribution in [2.45, 2.75) is 19.9 Å². The van der Waals surface area contributed by atoms with Crippen LogP contribution in [0.2, 0.25) is 0 Å². The molecule has 1 atom stereocenters. The highest BCUT2D eigenvalue weighted by Crippen LogP contribution is 2.35. The molecule has 2 heterocycles. The number of aromatic nitrogens is 1. The Labute approximate surface area is 206 Å². The molecule has 1 aliphatic rings. The molecule has 5 rings (SSSR count). The minimum absolute atomic E-state index is 0.127. The number of fused-ring (bicyclic) bond motifs is 2. The molecule has 4 aromatic rings. The van der Waals surface area contributed by atoms with Crippen LogP contribution in [0, 0.1) is 0 Å². The van der Waals surface area contributed by atoms with Gasteiger partial charge in [0.05, 0.1) is 24.8 Å². The average molecular weight is 485 g/mol. The summed E-state index contributed by atoms with van der Waals surface area (Å²) < 4.78 is 13.3. The molecule has 0 spiro atoms. The highest BCUT2D eigenvalue weighted by atomic mass is 32.1. The Hall–Kier alpha value is -3.97. The zero-order valence-corrected chi connectivity index (χ0v) is 20.7. The van der Waals surface area contributed by atoms with Crippen molar-refractivity contribution < 1.29 is 14.3 Å². The van der Waals surface area contributed by atoms with Crippen LogP contribution in [0.3, 0.4) is 0 Å². The molecule has 0 saturated heterocycles. The molecule has 35 heavy (non-hydrogen) atoms. The minimum Gasteiger partial charge on any atom is -0.496 e. The lowest BCUT2D eigenvalue weighted by molar-refractivity contribution is -0.114. The van der Waals surface area contributed by atoms with Crippen LogP contribution in [0.1, 0.15) is 31.0 Å². The van der Waals surface area contributed by atoms with E-state index in [0.29, 0.717) is 26.4 Å². The lowest BCUT2D eigenvalue weighted by atomic mass is 9.93. The lowest BCUT2D eigenvalue weighted by Crippen LogP contribution is -2.39. The molecule has 0 aliphatic carbocycles. The molecule has 3 aromatic carbocycles. The first kappa shape index (κ1) is 22.8. The number of nitrogens with zero attached hydrogens (tertiary/aromatic N) is 2. The summed E-state index contributed by atoms with van der Waals surface area (Å²) in [7, 11) is 3.23. The van der Waals surface area contributed by atoms with Gasteiger partial charge in [-0.15, -0.1) is 0 Å². The number of thiazole rings is 1. The summed E-state index contributed by atoms with van der Waals surface area (Å²) >= 11 is 1.32. The van der Waals surface area contributed by atoms with Gasteiger partial charge in [-0.25, -0.2) is 4.99 Å². The number of benzene rings is 3. The summed E-state index contributed by atoms with van der Waals surface area (Å²) in [6.45, 7) is 3.32. The predicted octanol–water partition coefficient (Wildman–Crippen LogP) is 3.99. The molecule has 0 N–H and O–H groups in total. The predicted molar refractivity (Wildman–Crippen MR) is 138 cm³/mol. The number of hydrogen-bond donors (Lipinski definition) is 0. The van der Waals surface area contributed by atoms with E-state index in [1.807, 2.05) is 73.7 Å². The van der Waals surface area contributed by atoms with Crippen molar-refractivity contribution in [1.29, 1.82) is 0 Å². The number of ether oxygens (including phenoxy) is 2. The Balaban J connectivity index is 1.79. The van der Waals surface area contributed by atoms with E-state index in [1.165, 1.54) is 18.3 Å². The quantitative estimate of drug-likeness (QED) is 0.430. The number of ketones is 1. The molecule has 7 heteroatoms. The molecule has 0 radical (unpaired) electrons. The number of carbonyl (C=O) groups excluding carboxylic acids is 1. The largest absolute Gasteiger partial charge is 0.496 e. The number of rotatable bonds is 5. The molecular weight excluding hydrogens is 460 g/mol. The van der Waals surface area contributed by atoms with Gasteiger partial charge in [-0.3, -0.25) is 14.2 Å². The third-order valence-corrected chi connectivity index (χ3v) is 7.24. The Morgan fingerprint density at radius 2 is 1.66 bits per heavy atom. The maximum absolute atomic E-state index is 13.8. The Kier molecular flexibility index (Phi) is 5.86. The van der Waals surface area contributed by atoms with Gasteiger partial charge in [0.15, 0.2) is 10.6 Å². The Morgan fingerprint density at radius 1 is 0.971 bits per heavy atom. The Morgan fingerprint density at radius 3 is 2.37 bits per heavy atom. The van der Waals surface area contributed by atoms with Gasteiger partial charge >= 0.3 is 0 Å². The van der Waals surface area contributed by atoms with Gasteiger partial charge in [0, 0.05) is 22.2 Å². The van der Waals surface area contributed by atoms with E-state index in [-0.39, 0.29) is 11.3 Å². The van der Waals surface area contributed by atoms with Crippen molar-refractivity contribution >= 4 is 34.0 Å². The van der Waals surface area contributed by atoms with Crippen molar-refractivity contribution in [2.24, 2.45) is 4.99 Å². The van der Waals surface area contributed by atoms with Gasteiger partial charge in [-0.1, -0.05) is 59.9 Å². The minimum atomic E-state index is -0.616. The fraction of sp³-hybridized carbons (Fsp3) is 0.179. The molecule has 1 aliphatic heterocycles. The van der Waals surface area contributed by atoms with Crippen LogP contribution in [0.25, 0.3) is 16.8 Å². The topological polar surface area (TPSA) is 69.9 Å². The van der Waals surface area contributed by atoms with Gasteiger partial charge in [-0.05, 0) is 43.0 Å². The van der Waals surface area contributed by atoms with Crippen LogP contribution >= 0.6 is 11.3 Å². The van der Waals surface area contributed by atoms with Crippen LogP contribution in [0.15, 0.2) is 81.7 Å². The van der Waals surface area contributed by atoms with E-state index in [9.17, 15) is 9.59 Å². The monoisotopic (exact) mass is 484 g/mol. The maximum atomic E-state index is 13.8. The van der Waals surface area contributed by atoms with E-state index in [4.69, 9.17) is 9.47 Å². The first-order valence-electron chi connectivity index (χ1n) is 11.2. The van der Waals surface area contributed by atoms with Gasteiger partial charge < -0.3 is 9.47 Å². The van der Waals surface area contributed by atoms with E-state index < -0.39 is 6.04 Å². The summed E-state index contributed by atoms with van der Waals surface area (Å²) in [5.74, 6) is 1.26. The summed E-state index contributed by atoms with van der Waals surface area (Å²) in [5.41, 5.74) is 2.55. The summed E-state index contributed by atoms with van der Waals surface area (Å²) in [5, 5.41) is 1.96. The second-order valence-electron chi connectivity index (χ2n) is 8.28. The molecule has 0 saturated carbocycles. The zero-order chi connectivity index (χ0) is 24.7. The van der Waals surface area contributed by atoms with Gasteiger partial charge in [0.25, 0.3) is 5.56 Å². The van der Waals surface area contributed by atoms with Crippen LogP contribution in [0.4, 0.5) is 0 Å². The van der Waals surface area contributed by atoms with Crippen molar-refractivity contribution in [2.75, 3.05) is 14.2 Å². The first-order valence-corrected chi connectivity index (χ1v) is 12.0. The molecule has 176 valence electrons. The number of Topliss-reactive ketones (excluding diaryl/α,β-unsaturated/α-hetero) is 1. The first-order chi connectivity index (χ1) is 16.9. The van der Waals surface area contributed by atoms with Gasteiger partial charge in [0.2, 0.25) is 0 Å². The summed E-state index contributed by atoms with van der Waals surface area (Å²) in [6, 6.07) is 18.6. The molecule has 0 amide bonds. The van der Waals surface area contributed by atoms with Crippen molar-refractivity contribution in [3.8, 4) is 11.5 Å². The van der Waals surface area contributed by atoms with Crippen molar-refractivity contribution in [1.82, 2.24) is 4.57 Å². The highest BCUT2D eigenvalue weighted by Gasteiger charge is 2.32. The van der Waals surface area contributed by atoms with Crippen molar-refractivity contribution in [3.05, 3.63) is 103 Å². The highest BCUT2D eigenvalue weighted by molar-refractivity contribution is 7.07. The average Bonchev–Trinajstić information content (AvgIpc) is 3.17. The Bertz CT molecular complexity index is 1690. The number of para-hydroxylation sites is 1. The third-order valence-electron chi connectivity index (χ3n) is 6.26. The van der Waals surface area contributed by atoms with Crippen LogP contribution in [-0.4, -0.2) is 24.6 Å². The summed E-state index contributed by atoms with van der Waals surface area (Å²) in [6.07, 6.45) is 1.89. The second-order valence-corrected chi connectivity index (χ2v) is 9.29. The van der Waals surface area contributed by atoms with Crippen LogP contribution in [0.5, 0.6) is 11.5 Å². The number of methoxy groups -OCH3 is 2. The fourth-order valence-corrected chi connectivity index (χ4v) is 5.73. The van der Waals surface area contributed by atoms with E-state index in [2.05, 4.69) is 4.99 Å². The van der Waals surface area contributed by atoms with Crippen LogP contribution < -0.4 is 24.4 Å². The van der Waals surface area contributed by atoms with E-state index in [1.54, 1.807) is 18.8 Å². The standard InChI is InChI=1S/C28H24N2O4S/c1-16-25(17(2)31)26(21-11-7-8-12-22(21)33-3)30-27(32)24(35-28(30)29-16)15-18-13-14-23(34-4)20-10-6-5-9-19(18)20/h5-15,26H,1-4H3/b24-15+. The van der Waals surface area contributed by atoms with Crippen molar-refractivity contribution in [3.63, 3.8) is 0 Å². The molecule has 0 bridgehead atoms. The summed E-state index contributed by atoms with van der Waals surface area (Å²) in [4.78, 5) is 31.8. The maximum Gasteiger partial charge on any atom is 0.271 e. The second kappa shape index (κ2) is 9.00. The van der Waals surface area contributed by atoms with Gasteiger partial charge in [0.1, 0.15) is 11.5 Å². The fourth-order valence-electron chi connectivity index (χ4n) is 4.70.